The number of halogens is 1. The molecule has 1 heteroatoms. The van der Waals surface area contributed by atoms with Crippen molar-refractivity contribution >= 4 is 22.6 Å². The molecule has 0 aromatic carbocycles. The summed E-state index contributed by atoms with van der Waals surface area (Å²) in [5.74, 6) is 0.829. The van der Waals surface area contributed by atoms with Crippen molar-refractivity contribution in [3.05, 3.63) is 23.8 Å². The Kier molecular flexibility index (Phi) is 8.93. The van der Waals surface area contributed by atoms with E-state index in [0.29, 0.717) is 0 Å². The Balaban J connectivity index is 3.46. The van der Waals surface area contributed by atoms with E-state index in [2.05, 4.69) is 61.6 Å². The molecule has 0 spiro atoms. The molecular weight excluding hydrogens is 271 g/mol. The summed E-state index contributed by atoms with van der Waals surface area (Å²) in [4.78, 5) is 0. The maximum Gasteiger partial charge on any atom is 0.0175 e. The van der Waals surface area contributed by atoms with Crippen LogP contribution in [0.4, 0.5) is 0 Å². The second-order valence-corrected chi connectivity index (χ2v) is 4.71. The number of rotatable bonds is 6. The van der Waals surface area contributed by atoms with Crippen LogP contribution in [-0.2, 0) is 0 Å². The highest BCUT2D eigenvalue weighted by Crippen LogP contribution is 2.12. The Labute approximate surface area is 96.6 Å². The lowest BCUT2D eigenvalue weighted by Crippen LogP contribution is -1.91. The van der Waals surface area contributed by atoms with Crippen molar-refractivity contribution < 1.29 is 0 Å². The normalized spacial score (nSPS) is 13.2. The van der Waals surface area contributed by atoms with Gasteiger partial charge >= 0.3 is 0 Å². The van der Waals surface area contributed by atoms with Gasteiger partial charge in [0.05, 0.1) is 0 Å². The largest absolute Gasteiger partial charge is 0.0875 e. The van der Waals surface area contributed by atoms with Crippen molar-refractivity contribution in [3.63, 3.8) is 0 Å². The van der Waals surface area contributed by atoms with Crippen molar-refractivity contribution in [2.45, 2.75) is 40.0 Å². The average molecular weight is 292 g/mol. The molecule has 0 saturated heterocycles. The first kappa shape index (κ1) is 13.2. The second-order valence-electron chi connectivity index (χ2n) is 3.83. The predicted octanol–water partition coefficient (Wildman–Crippen LogP) is 4.75. The van der Waals surface area contributed by atoms with E-state index < -0.39 is 0 Å². The van der Waals surface area contributed by atoms with Gasteiger partial charge in [0.1, 0.15) is 0 Å². The van der Waals surface area contributed by atoms with E-state index in [1.165, 1.54) is 24.8 Å². The van der Waals surface area contributed by atoms with E-state index in [1.54, 1.807) is 0 Å². The lowest BCUT2D eigenvalue weighted by molar-refractivity contribution is 0.545. The van der Waals surface area contributed by atoms with Crippen molar-refractivity contribution in [2.24, 2.45) is 5.92 Å². The summed E-state index contributed by atoms with van der Waals surface area (Å²) >= 11 is 2.38. The maximum atomic E-state index is 2.38. The fraction of sp³-hybridized carbons (Fsp3) is 0.667. The van der Waals surface area contributed by atoms with E-state index in [9.17, 15) is 0 Å². The van der Waals surface area contributed by atoms with E-state index in [1.807, 2.05) is 0 Å². The van der Waals surface area contributed by atoms with Gasteiger partial charge in [-0.3, -0.25) is 0 Å². The summed E-state index contributed by atoms with van der Waals surface area (Å²) in [5, 5.41) is 0. The highest BCUT2D eigenvalue weighted by atomic mass is 127. The highest BCUT2D eigenvalue weighted by Gasteiger charge is 1.97. The standard InChI is InChI=1S/C12H21I/c1-11(2)7-6-9-12(3)8-4-5-10-13/h4-5,7,12H,6,8-10H2,1-3H3/b5-4+. The zero-order valence-corrected chi connectivity index (χ0v) is 11.2. The lowest BCUT2D eigenvalue weighted by atomic mass is 10.0. The van der Waals surface area contributed by atoms with Gasteiger partial charge in [0.2, 0.25) is 0 Å². The molecule has 1 unspecified atom stereocenters. The fourth-order valence-corrected chi connectivity index (χ4v) is 1.53. The first-order valence-electron chi connectivity index (χ1n) is 5.01. The SMILES string of the molecule is CC(C)=CCCC(C)C/C=C/CI. The molecule has 0 aliphatic rings. The van der Waals surface area contributed by atoms with E-state index in [0.717, 1.165) is 10.3 Å². The van der Waals surface area contributed by atoms with Gasteiger partial charge in [0.25, 0.3) is 0 Å². The van der Waals surface area contributed by atoms with Crippen LogP contribution in [0.3, 0.4) is 0 Å². The topological polar surface area (TPSA) is 0 Å². The molecule has 0 bridgehead atoms. The molecule has 0 aliphatic heterocycles. The minimum absolute atomic E-state index is 0.829. The smallest absolute Gasteiger partial charge is 0.0175 e. The Morgan fingerprint density at radius 2 is 2.00 bits per heavy atom. The Morgan fingerprint density at radius 3 is 2.54 bits per heavy atom. The van der Waals surface area contributed by atoms with Crippen molar-refractivity contribution in [3.8, 4) is 0 Å². The number of alkyl halides is 1. The van der Waals surface area contributed by atoms with Crippen LogP contribution in [0.2, 0.25) is 0 Å². The molecule has 0 amide bonds. The molecule has 0 fully saturated rings. The molecule has 13 heavy (non-hydrogen) atoms. The van der Waals surface area contributed by atoms with Gasteiger partial charge in [-0.05, 0) is 39.0 Å². The number of hydrogen-bond donors (Lipinski definition) is 0. The Morgan fingerprint density at radius 1 is 1.31 bits per heavy atom. The van der Waals surface area contributed by atoms with Crippen LogP contribution in [0.1, 0.15) is 40.0 Å². The zero-order chi connectivity index (χ0) is 10.1. The predicted molar refractivity (Wildman–Crippen MR) is 70.5 cm³/mol. The van der Waals surface area contributed by atoms with Crippen molar-refractivity contribution in [2.75, 3.05) is 4.43 Å². The van der Waals surface area contributed by atoms with Gasteiger partial charge < -0.3 is 0 Å². The third-order valence-corrected chi connectivity index (χ3v) is 2.51. The summed E-state index contributed by atoms with van der Waals surface area (Å²) in [6.45, 7) is 6.66. The van der Waals surface area contributed by atoms with Crippen LogP contribution < -0.4 is 0 Å². The number of allylic oxidation sites excluding steroid dienone is 4. The summed E-state index contributed by atoms with van der Waals surface area (Å²) in [7, 11) is 0. The molecule has 0 rings (SSSR count). The van der Waals surface area contributed by atoms with E-state index in [-0.39, 0.29) is 0 Å². The lowest BCUT2D eigenvalue weighted by Gasteiger charge is -2.05. The molecule has 1 atom stereocenters. The summed E-state index contributed by atoms with van der Waals surface area (Å²) in [6, 6.07) is 0. The average Bonchev–Trinajstić information content (AvgIpc) is 2.04. The third-order valence-electron chi connectivity index (χ3n) is 2.01. The Bertz CT molecular complexity index is 164. The molecule has 0 aromatic heterocycles. The van der Waals surface area contributed by atoms with E-state index >= 15 is 0 Å². The van der Waals surface area contributed by atoms with Crippen LogP contribution in [0, 0.1) is 5.92 Å². The third kappa shape index (κ3) is 10.1. The van der Waals surface area contributed by atoms with Crippen LogP contribution in [-0.4, -0.2) is 4.43 Å². The minimum atomic E-state index is 0.829. The molecule has 0 heterocycles. The second kappa shape index (κ2) is 8.79. The zero-order valence-electron chi connectivity index (χ0n) is 9.02. The molecule has 0 saturated carbocycles. The van der Waals surface area contributed by atoms with Crippen LogP contribution in [0.15, 0.2) is 23.8 Å². The van der Waals surface area contributed by atoms with Crippen LogP contribution in [0.5, 0.6) is 0 Å². The van der Waals surface area contributed by atoms with Gasteiger partial charge in [-0.15, -0.1) is 0 Å². The van der Waals surface area contributed by atoms with Gasteiger partial charge in [0.15, 0.2) is 0 Å². The first-order valence-corrected chi connectivity index (χ1v) is 6.53. The molecule has 0 N–H and O–H groups in total. The van der Waals surface area contributed by atoms with Crippen LogP contribution >= 0.6 is 22.6 Å². The van der Waals surface area contributed by atoms with Gasteiger partial charge in [0, 0.05) is 4.43 Å². The molecular formula is C12H21I. The molecule has 0 aromatic rings. The van der Waals surface area contributed by atoms with Gasteiger partial charge in [-0.1, -0.05) is 53.3 Å². The van der Waals surface area contributed by atoms with Crippen LogP contribution in [0.25, 0.3) is 0 Å². The first-order chi connectivity index (χ1) is 6.16. The van der Waals surface area contributed by atoms with Gasteiger partial charge in [-0.2, -0.15) is 0 Å². The van der Waals surface area contributed by atoms with Crippen molar-refractivity contribution in [1.29, 1.82) is 0 Å². The summed E-state index contributed by atoms with van der Waals surface area (Å²) < 4.78 is 1.14. The fourth-order valence-electron chi connectivity index (χ4n) is 1.17. The highest BCUT2D eigenvalue weighted by molar-refractivity contribution is 14.1. The number of hydrogen-bond acceptors (Lipinski definition) is 0. The monoisotopic (exact) mass is 292 g/mol. The molecule has 76 valence electrons. The summed E-state index contributed by atoms with van der Waals surface area (Å²) in [5.41, 5.74) is 1.44. The van der Waals surface area contributed by atoms with E-state index in [4.69, 9.17) is 0 Å². The molecule has 0 aliphatic carbocycles. The van der Waals surface area contributed by atoms with Gasteiger partial charge in [-0.25, -0.2) is 0 Å². The molecule has 0 nitrogen and oxygen atoms in total. The molecule has 0 radical (unpaired) electrons. The Hall–Kier alpha value is 0.210. The minimum Gasteiger partial charge on any atom is -0.0875 e. The van der Waals surface area contributed by atoms with Crippen molar-refractivity contribution in [1.82, 2.24) is 0 Å². The maximum absolute atomic E-state index is 2.38. The quantitative estimate of drug-likeness (QED) is 0.376. The summed E-state index contributed by atoms with van der Waals surface area (Å²) in [6.07, 6.45) is 10.7.